The molecule has 2 N–H and O–H groups in total. The summed E-state index contributed by atoms with van der Waals surface area (Å²) in [5, 5.41) is 11.6. The second kappa shape index (κ2) is 11.0. The van der Waals surface area contributed by atoms with Crippen molar-refractivity contribution in [3.05, 3.63) is 22.4 Å². The summed E-state index contributed by atoms with van der Waals surface area (Å²) in [5.41, 5.74) is 1.45. The van der Waals surface area contributed by atoms with E-state index in [9.17, 15) is 0 Å². The van der Waals surface area contributed by atoms with E-state index in [1.165, 1.54) is 57.3 Å². The van der Waals surface area contributed by atoms with Crippen molar-refractivity contribution in [1.82, 2.24) is 20.4 Å². The summed E-state index contributed by atoms with van der Waals surface area (Å²) in [6.45, 7) is 12.1. The van der Waals surface area contributed by atoms with Gasteiger partial charge in [0, 0.05) is 38.3 Å². The van der Waals surface area contributed by atoms with E-state index in [1.807, 2.05) is 0 Å². The lowest BCUT2D eigenvalue weighted by Crippen LogP contribution is -2.49. The van der Waals surface area contributed by atoms with E-state index in [1.54, 1.807) is 11.3 Å². The van der Waals surface area contributed by atoms with Crippen LogP contribution in [0.3, 0.4) is 0 Å². The monoisotopic (exact) mass is 391 g/mol. The molecule has 2 aliphatic rings. The van der Waals surface area contributed by atoms with E-state index in [0.717, 1.165) is 32.1 Å². The Hall–Kier alpha value is -1.11. The van der Waals surface area contributed by atoms with Gasteiger partial charge in [-0.05, 0) is 68.1 Å². The number of hydrogen-bond donors (Lipinski definition) is 2. The van der Waals surface area contributed by atoms with Gasteiger partial charge in [-0.2, -0.15) is 11.3 Å². The van der Waals surface area contributed by atoms with Gasteiger partial charge < -0.3 is 10.6 Å². The number of guanidine groups is 1. The standard InChI is InChI=1S/C21H37N5S/c1-3-22-21(23-15-20-7-5-6-11-26(20)4-2)24-19-8-12-25(13-9-19)16-18-10-14-27-17-18/h10,14,17,19-20H,3-9,11-13,15-16H2,1-2H3,(H2,22,23,24). The predicted molar refractivity (Wildman–Crippen MR) is 117 cm³/mol. The Bertz CT molecular complexity index is 551. The zero-order valence-corrected chi connectivity index (χ0v) is 17.9. The molecule has 2 aliphatic heterocycles. The molecule has 3 rings (SSSR count). The van der Waals surface area contributed by atoms with Crippen molar-refractivity contribution in [2.24, 2.45) is 4.99 Å². The van der Waals surface area contributed by atoms with Crippen molar-refractivity contribution in [2.45, 2.75) is 64.6 Å². The second-order valence-electron chi connectivity index (χ2n) is 7.82. The van der Waals surface area contributed by atoms with Crippen LogP contribution in [0.1, 0.15) is 51.5 Å². The van der Waals surface area contributed by atoms with E-state index in [0.29, 0.717) is 12.1 Å². The Balaban J connectivity index is 1.46. The van der Waals surface area contributed by atoms with Gasteiger partial charge in [-0.1, -0.05) is 13.3 Å². The van der Waals surface area contributed by atoms with Crippen LogP contribution in [0.25, 0.3) is 0 Å². The molecule has 1 atom stereocenters. The summed E-state index contributed by atoms with van der Waals surface area (Å²) >= 11 is 1.79. The lowest BCUT2D eigenvalue weighted by atomic mass is 10.0. The van der Waals surface area contributed by atoms with Crippen LogP contribution in [0.2, 0.25) is 0 Å². The molecule has 152 valence electrons. The first-order valence-corrected chi connectivity index (χ1v) is 11.7. The zero-order chi connectivity index (χ0) is 18.9. The van der Waals surface area contributed by atoms with E-state index >= 15 is 0 Å². The molecular weight excluding hydrogens is 354 g/mol. The number of hydrogen-bond acceptors (Lipinski definition) is 4. The lowest BCUT2D eigenvalue weighted by Gasteiger charge is -2.34. The first-order chi connectivity index (χ1) is 13.3. The molecule has 27 heavy (non-hydrogen) atoms. The average molecular weight is 392 g/mol. The maximum atomic E-state index is 4.95. The molecule has 3 heterocycles. The first kappa shape index (κ1) is 20.6. The summed E-state index contributed by atoms with van der Waals surface area (Å²) in [6, 6.07) is 3.40. The van der Waals surface area contributed by atoms with Crippen LogP contribution in [-0.2, 0) is 6.54 Å². The molecule has 1 aromatic rings. The highest BCUT2D eigenvalue weighted by Crippen LogP contribution is 2.17. The number of rotatable bonds is 7. The molecule has 0 aliphatic carbocycles. The minimum absolute atomic E-state index is 0.537. The number of thiophene rings is 1. The van der Waals surface area contributed by atoms with Crippen molar-refractivity contribution < 1.29 is 0 Å². The van der Waals surface area contributed by atoms with Crippen LogP contribution in [0.5, 0.6) is 0 Å². The summed E-state index contributed by atoms with van der Waals surface area (Å²) in [6.07, 6.45) is 6.37. The minimum atomic E-state index is 0.537. The summed E-state index contributed by atoms with van der Waals surface area (Å²) in [5.74, 6) is 1.01. The fourth-order valence-corrected chi connectivity index (χ4v) is 4.93. The van der Waals surface area contributed by atoms with E-state index in [2.05, 4.69) is 51.1 Å². The van der Waals surface area contributed by atoms with Crippen LogP contribution in [0.15, 0.2) is 21.8 Å². The van der Waals surface area contributed by atoms with Crippen LogP contribution in [0, 0.1) is 0 Å². The number of nitrogens with zero attached hydrogens (tertiary/aromatic N) is 3. The Kier molecular flexibility index (Phi) is 8.42. The Morgan fingerprint density at radius 2 is 2.04 bits per heavy atom. The van der Waals surface area contributed by atoms with Gasteiger partial charge in [0.1, 0.15) is 0 Å². The normalized spacial score (nSPS) is 23.5. The minimum Gasteiger partial charge on any atom is -0.357 e. The Labute approximate surface area is 169 Å². The van der Waals surface area contributed by atoms with Gasteiger partial charge in [-0.15, -0.1) is 0 Å². The Morgan fingerprint density at radius 3 is 2.74 bits per heavy atom. The largest absolute Gasteiger partial charge is 0.357 e. The molecule has 0 spiro atoms. The van der Waals surface area contributed by atoms with Crippen LogP contribution < -0.4 is 10.6 Å². The zero-order valence-electron chi connectivity index (χ0n) is 17.1. The van der Waals surface area contributed by atoms with Crippen LogP contribution in [-0.4, -0.2) is 67.1 Å². The molecule has 2 fully saturated rings. The van der Waals surface area contributed by atoms with Gasteiger partial charge in [0.05, 0.1) is 6.54 Å². The highest BCUT2D eigenvalue weighted by Gasteiger charge is 2.22. The third-order valence-corrected chi connectivity index (χ3v) is 6.61. The topological polar surface area (TPSA) is 42.9 Å². The van der Waals surface area contributed by atoms with Gasteiger partial charge >= 0.3 is 0 Å². The van der Waals surface area contributed by atoms with Gasteiger partial charge in [-0.25, -0.2) is 0 Å². The molecule has 0 bridgehead atoms. The third kappa shape index (κ3) is 6.47. The van der Waals surface area contributed by atoms with Crippen LogP contribution in [0.4, 0.5) is 0 Å². The molecule has 0 radical (unpaired) electrons. The molecule has 0 saturated carbocycles. The van der Waals surface area contributed by atoms with Gasteiger partial charge in [0.2, 0.25) is 0 Å². The van der Waals surface area contributed by atoms with Gasteiger partial charge in [0.25, 0.3) is 0 Å². The fraction of sp³-hybridized carbons (Fsp3) is 0.762. The number of likely N-dealkylation sites (tertiary alicyclic amines) is 2. The second-order valence-corrected chi connectivity index (χ2v) is 8.60. The van der Waals surface area contributed by atoms with Crippen molar-refractivity contribution in [3.8, 4) is 0 Å². The maximum absolute atomic E-state index is 4.95. The molecule has 5 nitrogen and oxygen atoms in total. The number of likely N-dealkylation sites (N-methyl/N-ethyl adjacent to an activating group) is 1. The molecule has 0 aromatic carbocycles. The van der Waals surface area contributed by atoms with Crippen molar-refractivity contribution in [2.75, 3.05) is 39.3 Å². The predicted octanol–water partition coefficient (Wildman–Crippen LogP) is 3.14. The highest BCUT2D eigenvalue weighted by atomic mass is 32.1. The number of nitrogens with one attached hydrogen (secondary N) is 2. The summed E-state index contributed by atoms with van der Waals surface area (Å²) in [4.78, 5) is 10.1. The van der Waals surface area contributed by atoms with E-state index in [4.69, 9.17) is 4.99 Å². The SMILES string of the molecule is CCNC(=NCC1CCCCN1CC)NC1CCN(Cc2ccsc2)CC1. The fourth-order valence-electron chi connectivity index (χ4n) is 4.27. The molecule has 1 aromatic heterocycles. The van der Waals surface area contributed by atoms with E-state index < -0.39 is 0 Å². The molecule has 6 heteroatoms. The molecule has 0 amide bonds. The van der Waals surface area contributed by atoms with Gasteiger partial charge in [-0.3, -0.25) is 14.8 Å². The number of aliphatic imine (C=N–C) groups is 1. The van der Waals surface area contributed by atoms with Crippen molar-refractivity contribution in [3.63, 3.8) is 0 Å². The van der Waals surface area contributed by atoms with E-state index in [-0.39, 0.29) is 0 Å². The van der Waals surface area contributed by atoms with Crippen molar-refractivity contribution in [1.29, 1.82) is 0 Å². The quantitative estimate of drug-likeness (QED) is 0.554. The summed E-state index contributed by atoms with van der Waals surface area (Å²) in [7, 11) is 0. The third-order valence-electron chi connectivity index (χ3n) is 5.87. The lowest BCUT2D eigenvalue weighted by molar-refractivity contribution is 0.161. The number of piperidine rings is 2. The Morgan fingerprint density at radius 1 is 1.19 bits per heavy atom. The maximum Gasteiger partial charge on any atom is 0.191 e. The molecule has 2 saturated heterocycles. The molecular formula is C21H37N5S. The van der Waals surface area contributed by atoms with Crippen molar-refractivity contribution >= 4 is 17.3 Å². The molecule has 1 unspecified atom stereocenters. The first-order valence-electron chi connectivity index (χ1n) is 10.8. The smallest absolute Gasteiger partial charge is 0.191 e. The van der Waals surface area contributed by atoms with Crippen LogP contribution >= 0.6 is 11.3 Å². The highest BCUT2D eigenvalue weighted by molar-refractivity contribution is 7.07. The average Bonchev–Trinajstić information content (AvgIpc) is 3.21. The van der Waals surface area contributed by atoms with Gasteiger partial charge in [0.15, 0.2) is 5.96 Å². The summed E-state index contributed by atoms with van der Waals surface area (Å²) < 4.78 is 0.